The zero-order chi connectivity index (χ0) is 14.8. The average Bonchev–Trinajstić information content (AvgIpc) is 2.54. The van der Waals surface area contributed by atoms with Gasteiger partial charge in [0.05, 0.1) is 23.8 Å². The van der Waals surface area contributed by atoms with Crippen LogP contribution in [0.4, 0.5) is 0 Å². The highest BCUT2D eigenvalue weighted by Crippen LogP contribution is 2.13. The second-order valence-corrected chi connectivity index (χ2v) is 4.19. The Bertz CT molecular complexity index is 889. The number of hydrogen-bond donors (Lipinski definition) is 0. The molecule has 3 rings (SSSR count). The largest absolute Gasteiger partial charge is 0.464 e. The number of nitrogens with zero attached hydrogens (tertiary/aromatic N) is 4. The Hall–Kier alpha value is -3.09. The molecule has 0 saturated heterocycles. The normalized spacial score (nSPS) is 10.5. The summed E-state index contributed by atoms with van der Waals surface area (Å²) in [5.74, 6) is -0.769. The van der Waals surface area contributed by atoms with E-state index < -0.39 is 11.4 Å². The van der Waals surface area contributed by atoms with Gasteiger partial charge in [0.1, 0.15) is 0 Å². The number of rotatable bonds is 2. The highest BCUT2D eigenvalue weighted by Gasteiger charge is 2.13. The summed E-state index contributed by atoms with van der Waals surface area (Å²) >= 11 is 0. The predicted octanol–water partition coefficient (Wildman–Crippen LogP) is 0.962. The summed E-state index contributed by atoms with van der Waals surface area (Å²) in [6.07, 6.45) is 4.67. The highest BCUT2D eigenvalue weighted by atomic mass is 16.5. The van der Waals surface area contributed by atoms with Crippen LogP contribution in [0.5, 0.6) is 0 Å². The average molecular weight is 282 g/mol. The van der Waals surface area contributed by atoms with E-state index in [2.05, 4.69) is 19.8 Å². The van der Waals surface area contributed by atoms with Crippen LogP contribution in [0, 0.1) is 0 Å². The molecule has 7 nitrogen and oxygen atoms in total. The van der Waals surface area contributed by atoms with Crippen molar-refractivity contribution in [2.24, 2.45) is 0 Å². The van der Waals surface area contributed by atoms with E-state index >= 15 is 0 Å². The Labute approximate surface area is 118 Å². The van der Waals surface area contributed by atoms with Crippen molar-refractivity contribution in [2.75, 3.05) is 7.11 Å². The molecule has 104 valence electrons. The number of fused-ring (bicyclic) bond motifs is 1. The van der Waals surface area contributed by atoms with Crippen molar-refractivity contribution in [3.8, 4) is 5.69 Å². The lowest BCUT2D eigenvalue weighted by molar-refractivity contribution is 0.0590. The molecule has 0 aliphatic heterocycles. The summed E-state index contributed by atoms with van der Waals surface area (Å²) in [6, 6.07) is 6.59. The van der Waals surface area contributed by atoms with E-state index in [0.717, 1.165) is 5.52 Å². The fourth-order valence-corrected chi connectivity index (χ4v) is 1.88. The fourth-order valence-electron chi connectivity index (χ4n) is 1.88. The van der Waals surface area contributed by atoms with Crippen LogP contribution in [0.2, 0.25) is 0 Å². The quantitative estimate of drug-likeness (QED) is 0.651. The lowest BCUT2D eigenvalue weighted by atomic mass is 10.2. The number of hydrogen-bond acceptors (Lipinski definition) is 6. The van der Waals surface area contributed by atoms with E-state index in [1.54, 1.807) is 30.6 Å². The summed E-state index contributed by atoms with van der Waals surface area (Å²) in [7, 11) is 1.20. The molecule has 2 heterocycles. The molecule has 1 aromatic carbocycles. The van der Waals surface area contributed by atoms with E-state index in [-0.39, 0.29) is 5.69 Å². The van der Waals surface area contributed by atoms with E-state index in [1.807, 2.05) is 0 Å². The molecule has 0 fully saturated rings. The molecule has 0 saturated carbocycles. The Kier molecular flexibility index (Phi) is 3.15. The number of aromatic nitrogens is 4. The zero-order valence-corrected chi connectivity index (χ0v) is 11.1. The molecule has 0 radical (unpaired) electrons. The standard InChI is InChI=1S/C14H10N4O3/c1-21-14(20)13-12(19)4-7-18(17-13)9-2-3-10-11(8-9)16-6-5-15-10/h2-8H,1H3. The molecule has 7 heteroatoms. The van der Waals surface area contributed by atoms with Crippen LogP contribution >= 0.6 is 0 Å². The molecule has 2 aromatic heterocycles. The van der Waals surface area contributed by atoms with Crippen LogP contribution in [-0.4, -0.2) is 32.8 Å². The van der Waals surface area contributed by atoms with Crippen LogP contribution < -0.4 is 5.43 Å². The Morgan fingerprint density at radius 1 is 1.14 bits per heavy atom. The second-order valence-electron chi connectivity index (χ2n) is 4.19. The van der Waals surface area contributed by atoms with Crippen molar-refractivity contribution in [3.63, 3.8) is 0 Å². The topological polar surface area (TPSA) is 87.0 Å². The van der Waals surface area contributed by atoms with Gasteiger partial charge < -0.3 is 4.74 Å². The minimum Gasteiger partial charge on any atom is -0.464 e. The SMILES string of the molecule is COC(=O)c1nn(-c2ccc3nccnc3c2)ccc1=O. The number of carbonyl (C=O) groups excluding carboxylic acids is 1. The summed E-state index contributed by atoms with van der Waals surface area (Å²) in [4.78, 5) is 31.5. The monoisotopic (exact) mass is 282 g/mol. The third-order valence-corrected chi connectivity index (χ3v) is 2.90. The summed E-state index contributed by atoms with van der Waals surface area (Å²) in [6.45, 7) is 0. The number of benzene rings is 1. The third kappa shape index (κ3) is 2.36. The minimum atomic E-state index is -0.769. The molecule has 0 N–H and O–H groups in total. The molecule has 0 aliphatic carbocycles. The Morgan fingerprint density at radius 2 is 1.90 bits per heavy atom. The Morgan fingerprint density at radius 3 is 2.67 bits per heavy atom. The van der Waals surface area contributed by atoms with Gasteiger partial charge in [0.15, 0.2) is 0 Å². The van der Waals surface area contributed by atoms with Crippen molar-refractivity contribution in [1.82, 2.24) is 19.7 Å². The zero-order valence-electron chi connectivity index (χ0n) is 11.1. The first-order valence-electron chi connectivity index (χ1n) is 6.08. The molecular weight excluding hydrogens is 272 g/mol. The lowest BCUT2D eigenvalue weighted by Crippen LogP contribution is -2.21. The molecule has 0 aliphatic rings. The molecule has 0 unspecified atom stereocenters. The first-order chi connectivity index (χ1) is 10.2. The third-order valence-electron chi connectivity index (χ3n) is 2.90. The molecule has 21 heavy (non-hydrogen) atoms. The smallest absolute Gasteiger partial charge is 0.362 e. The van der Waals surface area contributed by atoms with Crippen LogP contribution in [-0.2, 0) is 4.74 Å². The van der Waals surface area contributed by atoms with Crippen molar-refractivity contribution in [3.05, 3.63) is 58.8 Å². The summed E-state index contributed by atoms with van der Waals surface area (Å²) < 4.78 is 5.96. The van der Waals surface area contributed by atoms with Gasteiger partial charge in [-0.05, 0) is 18.2 Å². The highest BCUT2D eigenvalue weighted by molar-refractivity contribution is 5.86. The van der Waals surface area contributed by atoms with Crippen molar-refractivity contribution >= 4 is 17.0 Å². The van der Waals surface area contributed by atoms with Gasteiger partial charge in [-0.3, -0.25) is 14.8 Å². The van der Waals surface area contributed by atoms with E-state index in [1.165, 1.54) is 24.1 Å². The van der Waals surface area contributed by atoms with Crippen LogP contribution in [0.3, 0.4) is 0 Å². The van der Waals surface area contributed by atoms with E-state index in [4.69, 9.17) is 0 Å². The lowest BCUT2D eigenvalue weighted by Gasteiger charge is -2.07. The van der Waals surface area contributed by atoms with Gasteiger partial charge in [0.2, 0.25) is 11.1 Å². The minimum absolute atomic E-state index is 0.265. The molecule has 0 atom stereocenters. The van der Waals surface area contributed by atoms with Crippen molar-refractivity contribution in [1.29, 1.82) is 0 Å². The van der Waals surface area contributed by atoms with Crippen molar-refractivity contribution in [2.45, 2.75) is 0 Å². The van der Waals surface area contributed by atoms with Crippen LogP contribution in [0.15, 0.2) is 47.7 Å². The van der Waals surface area contributed by atoms with Crippen LogP contribution in [0.1, 0.15) is 10.5 Å². The maximum atomic E-state index is 11.6. The van der Waals surface area contributed by atoms with Crippen LogP contribution in [0.25, 0.3) is 16.7 Å². The predicted molar refractivity (Wildman–Crippen MR) is 74.3 cm³/mol. The maximum absolute atomic E-state index is 11.6. The van der Waals surface area contributed by atoms with Gasteiger partial charge in [-0.2, -0.15) is 5.10 Å². The molecular formula is C14H10N4O3. The number of ether oxygens (including phenoxy) is 1. The van der Waals surface area contributed by atoms with E-state index in [0.29, 0.717) is 11.2 Å². The second kappa shape index (κ2) is 5.12. The van der Waals surface area contributed by atoms with Gasteiger partial charge >= 0.3 is 5.97 Å². The summed E-state index contributed by atoms with van der Waals surface area (Å²) in [5.41, 5.74) is 1.34. The molecule has 0 amide bonds. The maximum Gasteiger partial charge on any atom is 0.362 e. The van der Waals surface area contributed by atoms with Gasteiger partial charge in [0, 0.05) is 24.7 Å². The van der Waals surface area contributed by atoms with E-state index in [9.17, 15) is 9.59 Å². The van der Waals surface area contributed by atoms with Crippen molar-refractivity contribution < 1.29 is 9.53 Å². The number of carbonyl (C=O) groups is 1. The first kappa shape index (κ1) is 12.9. The number of methoxy groups -OCH3 is 1. The molecule has 3 aromatic rings. The molecule has 0 bridgehead atoms. The molecule has 0 spiro atoms. The van der Waals surface area contributed by atoms with Gasteiger partial charge in [0.25, 0.3) is 0 Å². The van der Waals surface area contributed by atoms with Gasteiger partial charge in [-0.15, -0.1) is 0 Å². The van der Waals surface area contributed by atoms with Gasteiger partial charge in [-0.1, -0.05) is 0 Å². The Balaban J connectivity index is 2.14. The summed E-state index contributed by atoms with van der Waals surface area (Å²) in [5, 5.41) is 4.00. The fraction of sp³-hybridized carbons (Fsp3) is 0.0714. The first-order valence-corrected chi connectivity index (χ1v) is 6.08. The number of esters is 1. The van der Waals surface area contributed by atoms with Gasteiger partial charge in [-0.25, -0.2) is 9.48 Å².